The van der Waals surface area contributed by atoms with E-state index in [1.54, 1.807) is 12.1 Å². The zero-order valence-electron chi connectivity index (χ0n) is 22.1. The Bertz CT molecular complexity index is 1310. The molecule has 4 rings (SSSR count). The number of esters is 1. The number of thiophene rings is 1. The second-order valence-electron chi connectivity index (χ2n) is 8.27. The van der Waals surface area contributed by atoms with Crippen molar-refractivity contribution in [2.24, 2.45) is 0 Å². The molecule has 10 heteroatoms. The molecule has 0 saturated heterocycles. The SMILES string of the molecule is CCOc1cc(C(=O)Nc2sc(Cc3ccc4c(c3)OCO4)c(C)c2C(=O)OC)cc(OCC)c1OCC. The van der Waals surface area contributed by atoms with E-state index in [1.165, 1.54) is 18.4 Å². The molecule has 2 aromatic carbocycles. The van der Waals surface area contributed by atoms with Gasteiger partial charge in [-0.25, -0.2) is 4.79 Å². The van der Waals surface area contributed by atoms with E-state index >= 15 is 0 Å². The van der Waals surface area contributed by atoms with Gasteiger partial charge in [-0.1, -0.05) is 6.07 Å². The van der Waals surface area contributed by atoms with Crippen molar-refractivity contribution in [1.82, 2.24) is 0 Å². The van der Waals surface area contributed by atoms with Crippen LogP contribution in [-0.4, -0.2) is 45.6 Å². The molecule has 0 aliphatic carbocycles. The summed E-state index contributed by atoms with van der Waals surface area (Å²) in [5.74, 6) is 1.70. The van der Waals surface area contributed by atoms with Gasteiger partial charge in [0, 0.05) is 16.9 Å². The summed E-state index contributed by atoms with van der Waals surface area (Å²) < 4.78 is 33.1. The maximum absolute atomic E-state index is 13.4. The second-order valence-corrected chi connectivity index (χ2v) is 9.37. The van der Waals surface area contributed by atoms with Crippen LogP contribution in [0.1, 0.15) is 57.5 Å². The first-order valence-electron chi connectivity index (χ1n) is 12.4. The summed E-state index contributed by atoms with van der Waals surface area (Å²) in [5, 5.41) is 3.31. The smallest absolute Gasteiger partial charge is 0.341 e. The van der Waals surface area contributed by atoms with Gasteiger partial charge < -0.3 is 33.7 Å². The van der Waals surface area contributed by atoms with Crippen LogP contribution in [0.15, 0.2) is 30.3 Å². The fourth-order valence-electron chi connectivity index (χ4n) is 4.10. The highest BCUT2D eigenvalue weighted by atomic mass is 32.1. The number of anilines is 1. The number of nitrogens with one attached hydrogen (secondary N) is 1. The van der Waals surface area contributed by atoms with Crippen molar-refractivity contribution in [3.05, 3.63) is 57.5 Å². The summed E-state index contributed by atoms with van der Waals surface area (Å²) in [4.78, 5) is 27.1. The highest BCUT2D eigenvalue weighted by molar-refractivity contribution is 7.17. The van der Waals surface area contributed by atoms with E-state index in [2.05, 4.69) is 5.32 Å². The molecule has 1 aliphatic rings. The molecule has 0 atom stereocenters. The number of methoxy groups -OCH3 is 1. The zero-order valence-corrected chi connectivity index (χ0v) is 22.9. The van der Waals surface area contributed by atoms with E-state index < -0.39 is 11.9 Å². The minimum absolute atomic E-state index is 0.195. The molecule has 0 saturated carbocycles. The molecular weight excluding hydrogens is 510 g/mol. The second kappa shape index (κ2) is 12.1. The van der Waals surface area contributed by atoms with Gasteiger partial charge in [0.15, 0.2) is 23.0 Å². The molecule has 0 radical (unpaired) electrons. The van der Waals surface area contributed by atoms with Gasteiger partial charge in [-0.2, -0.15) is 0 Å². The Hall–Kier alpha value is -3.92. The highest BCUT2D eigenvalue weighted by Crippen LogP contribution is 2.41. The van der Waals surface area contributed by atoms with Crippen LogP contribution in [0.25, 0.3) is 0 Å². The monoisotopic (exact) mass is 541 g/mol. The van der Waals surface area contributed by atoms with E-state index in [-0.39, 0.29) is 6.79 Å². The lowest BCUT2D eigenvalue weighted by molar-refractivity contribution is 0.0601. The summed E-state index contributed by atoms with van der Waals surface area (Å²) in [6.07, 6.45) is 0.541. The Morgan fingerprint density at radius 1 is 0.947 bits per heavy atom. The molecule has 1 amide bonds. The standard InChI is InChI=1S/C28H31NO8S/c1-6-33-21-13-18(14-22(34-7-2)25(21)35-8-3)26(30)29-27-24(28(31)32-5)16(4)23(38-27)12-17-9-10-19-20(11-17)37-15-36-19/h9-11,13-14H,6-8,12,15H2,1-5H3,(H,29,30). The lowest BCUT2D eigenvalue weighted by Crippen LogP contribution is -2.15. The number of ether oxygens (including phenoxy) is 6. The van der Waals surface area contributed by atoms with Crippen molar-refractivity contribution in [2.75, 3.05) is 39.0 Å². The number of hydrogen-bond donors (Lipinski definition) is 1. The summed E-state index contributed by atoms with van der Waals surface area (Å²) in [7, 11) is 1.32. The summed E-state index contributed by atoms with van der Waals surface area (Å²) in [6.45, 7) is 8.78. The molecule has 202 valence electrons. The van der Waals surface area contributed by atoms with E-state index in [1.807, 2.05) is 45.9 Å². The Morgan fingerprint density at radius 3 is 2.24 bits per heavy atom. The van der Waals surface area contributed by atoms with Crippen molar-refractivity contribution in [1.29, 1.82) is 0 Å². The molecule has 0 bridgehead atoms. The number of amides is 1. The fraction of sp³-hybridized carbons (Fsp3) is 0.357. The van der Waals surface area contributed by atoms with Crippen LogP contribution in [0.5, 0.6) is 28.7 Å². The van der Waals surface area contributed by atoms with Crippen LogP contribution in [0.2, 0.25) is 0 Å². The lowest BCUT2D eigenvalue weighted by atomic mass is 10.1. The molecule has 0 unspecified atom stereocenters. The van der Waals surface area contributed by atoms with Gasteiger partial charge in [0.05, 0.1) is 32.5 Å². The molecular formula is C28H31NO8S. The average molecular weight is 542 g/mol. The first-order valence-corrected chi connectivity index (χ1v) is 13.2. The minimum Gasteiger partial charge on any atom is -0.490 e. The highest BCUT2D eigenvalue weighted by Gasteiger charge is 2.25. The van der Waals surface area contributed by atoms with Crippen molar-refractivity contribution >= 4 is 28.2 Å². The first-order chi connectivity index (χ1) is 18.4. The molecule has 1 N–H and O–H groups in total. The fourth-order valence-corrected chi connectivity index (χ4v) is 5.32. The Morgan fingerprint density at radius 2 is 1.61 bits per heavy atom. The molecule has 1 aromatic heterocycles. The molecule has 3 aromatic rings. The lowest BCUT2D eigenvalue weighted by Gasteiger charge is -2.17. The first kappa shape index (κ1) is 27.1. The van der Waals surface area contributed by atoms with Crippen LogP contribution < -0.4 is 29.0 Å². The number of fused-ring (bicyclic) bond motifs is 1. The van der Waals surface area contributed by atoms with Crippen LogP contribution in [0, 0.1) is 6.92 Å². The van der Waals surface area contributed by atoms with E-state index in [0.29, 0.717) is 71.1 Å². The predicted octanol–water partition coefficient (Wildman–Crippen LogP) is 5.61. The van der Waals surface area contributed by atoms with Crippen LogP contribution in [0.3, 0.4) is 0 Å². The Balaban J connectivity index is 1.67. The van der Waals surface area contributed by atoms with Gasteiger partial charge in [0.2, 0.25) is 12.5 Å². The number of benzene rings is 2. The Kier molecular flexibility index (Phi) is 8.62. The van der Waals surface area contributed by atoms with Crippen LogP contribution in [0.4, 0.5) is 5.00 Å². The minimum atomic E-state index is -0.525. The predicted molar refractivity (Wildman–Crippen MR) is 144 cm³/mol. The van der Waals surface area contributed by atoms with Crippen LogP contribution in [-0.2, 0) is 11.2 Å². The largest absolute Gasteiger partial charge is 0.490 e. The van der Waals surface area contributed by atoms with Gasteiger partial charge in [-0.05, 0) is 63.1 Å². The van der Waals surface area contributed by atoms with Crippen molar-refractivity contribution < 1.29 is 38.0 Å². The van der Waals surface area contributed by atoms with E-state index in [4.69, 9.17) is 28.4 Å². The maximum Gasteiger partial charge on any atom is 0.341 e. The van der Waals surface area contributed by atoms with Gasteiger partial charge >= 0.3 is 5.97 Å². The number of carbonyl (C=O) groups excluding carboxylic acids is 2. The van der Waals surface area contributed by atoms with Crippen molar-refractivity contribution in [3.63, 3.8) is 0 Å². The molecule has 1 aliphatic heterocycles. The maximum atomic E-state index is 13.4. The normalized spacial score (nSPS) is 11.7. The Labute approximate surface area is 225 Å². The molecule has 2 heterocycles. The molecule has 0 fully saturated rings. The summed E-state index contributed by atoms with van der Waals surface area (Å²) in [6, 6.07) is 8.95. The van der Waals surface area contributed by atoms with Gasteiger partial charge in [0.25, 0.3) is 5.91 Å². The third-order valence-corrected chi connectivity index (χ3v) is 7.04. The number of carbonyl (C=O) groups is 2. The van der Waals surface area contributed by atoms with Gasteiger partial charge in [0.1, 0.15) is 5.00 Å². The summed E-state index contributed by atoms with van der Waals surface area (Å²) >= 11 is 1.33. The molecule has 9 nitrogen and oxygen atoms in total. The molecule has 0 spiro atoms. The summed E-state index contributed by atoms with van der Waals surface area (Å²) in [5.41, 5.74) is 2.36. The quantitative estimate of drug-likeness (QED) is 0.313. The van der Waals surface area contributed by atoms with Gasteiger partial charge in [-0.3, -0.25) is 4.79 Å². The zero-order chi connectivity index (χ0) is 27.2. The van der Waals surface area contributed by atoms with Crippen molar-refractivity contribution in [2.45, 2.75) is 34.1 Å². The average Bonchev–Trinajstić information content (AvgIpc) is 3.49. The number of hydrogen-bond acceptors (Lipinski definition) is 9. The third kappa shape index (κ3) is 5.65. The van der Waals surface area contributed by atoms with E-state index in [9.17, 15) is 9.59 Å². The van der Waals surface area contributed by atoms with Crippen molar-refractivity contribution in [3.8, 4) is 28.7 Å². The number of rotatable bonds is 11. The van der Waals surface area contributed by atoms with E-state index in [0.717, 1.165) is 16.0 Å². The molecule has 38 heavy (non-hydrogen) atoms. The van der Waals surface area contributed by atoms with Crippen LogP contribution >= 0.6 is 11.3 Å². The third-order valence-electron chi connectivity index (χ3n) is 5.84. The van der Waals surface area contributed by atoms with Gasteiger partial charge in [-0.15, -0.1) is 11.3 Å². The topological polar surface area (TPSA) is 102 Å².